The van der Waals surface area contributed by atoms with Gasteiger partial charge in [0, 0.05) is 5.54 Å². The summed E-state index contributed by atoms with van der Waals surface area (Å²) in [5.74, 6) is 0. The fourth-order valence-electron chi connectivity index (χ4n) is 1.93. The molecular formula is C12H30N2. The predicted molar refractivity (Wildman–Crippen MR) is 65.9 cm³/mol. The molecule has 0 unspecified atom stereocenters. The first-order valence-electron chi connectivity index (χ1n) is 5.97. The van der Waals surface area contributed by atoms with Crippen molar-refractivity contribution >= 4 is 0 Å². The van der Waals surface area contributed by atoms with Crippen LogP contribution in [0.3, 0.4) is 0 Å². The predicted octanol–water partition coefficient (Wildman–Crippen LogP) is 4.03. The maximum absolute atomic E-state index is 6.38. The monoisotopic (exact) mass is 202 g/mol. The maximum atomic E-state index is 6.38. The second-order valence-corrected chi connectivity index (χ2v) is 4.32. The molecule has 0 aliphatic heterocycles. The van der Waals surface area contributed by atoms with Gasteiger partial charge in [-0.15, -0.1) is 0 Å². The van der Waals surface area contributed by atoms with Gasteiger partial charge < -0.3 is 11.9 Å². The molecule has 2 heteroatoms. The van der Waals surface area contributed by atoms with E-state index in [-0.39, 0.29) is 11.7 Å². The van der Waals surface area contributed by atoms with E-state index in [0.717, 1.165) is 0 Å². The van der Waals surface area contributed by atoms with Gasteiger partial charge in [-0.3, -0.25) is 0 Å². The normalized spacial score (nSPS) is 11.1. The molecule has 0 heterocycles. The highest BCUT2D eigenvalue weighted by atomic mass is 14.7. The molecule has 0 aromatic carbocycles. The molecule has 0 atom stereocenters. The van der Waals surface area contributed by atoms with Crippen LogP contribution in [0.1, 0.15) is 72.1 Å². The maximum Gasteiger partial charge on any atom is 0.0154 e. The Hall–Kier alpha value is -0.0800. The number of hydrogen-bond donors (Lipinski definition) is 2. The summed E-state index contributed by atoms with van der Waals surface area (Å²) in [6, 6.07) is 0. The van der Waals surface area contributed by atoms with Gasteiger partial charge in [0.05, 0.1) is 0 Å². The lowest BCUT2D eigenvalue weighted by Gasteiger charge is -2.29. The minimum absolute atomic E-state index is 0. The number of rotatable bonds is 8. The van der Waals surface area contributed by atoms with Crippen molar-refractivity contribution in [2.45, 2.75) is 77.7 Å². The second kappa shape index (κ2) is 9.47. The highest BCUT2D eigenvalue weighted by Crippen LogP contribution is 2.23. The minimum atomic E-state index is 0. The molecule has 0 aromatic heterocycles. The lowest BCUT2D eigenvalue weighted by molar-refractivity contribution is 0.318. The van der Waals surface area contributed by atoms with Crippen LogP contribution < -0.4 is 11.9 Å². The van der Waals surface area contributed by atoms with Gasteiger partial charge >= 0.3 is 0 Å². The van der Waals surface area contributed by atoms with Gasteiger partial charge in [-0.25, -0.2) is 0 Å². The van der Waals surface area contributed by atoms with Crippen LogP contribution in [-0.4, -0.2) is 5.54 Å². The summed E-state index contributed by atoms with van der Waals surface area (Å²) >= 11 is 0. The first-order chi connectivity index (χ1) is 6.18. The standard InChI is InChI=1S/C12H27N.H3N/c1-4-7-10-12(13,9-6-3)11-8-5-2;/h4-11,13H2,1-3H3;1H3. The molecule has 2 nitrogen and oxygen atoms in total. The summed E-state index contributed by atoms with van der Waals surface area (Å²) in [7, 11) is 0. The molecule has 14 heavy (non-hydrogen) atoms. The van der Waals surface area contributed by atoms with E-state index in [0.29, 0.717) is 0 Å². The minimum Gasteiger partial charge on any atom is -0.344 e. The third kappa shape index (κ3) is 7.34. The molecule has 0 aromatic rings. The smallest absolute Gasteiger partial charge is 0.0154 e. The fourth-order valence-corrected chi connectivity index (χ4v) is 1.93. The van der Waals surface area contributed by atoms with Crippen LogP contribution in [-0.2, 0) is 0 Å². The summed E-state index contributed by atoms with van der Waals surface area (Å²) in [5, 5.41) is 0. The van der Waals surface area contributed by atoms with Crippen molar-refractivity contribution in [1.29, 1.82) is 0 Å². The van der Waals surface area contributed by atoms with E-state index >= 15 is 0 Å². The molecule has 0 spiro atoms. The summed E-state index contributed by atoms with van der Waals surface area (Å²) in [6.45, 7) is 6.72. The van der Waals surface area contributed by atoms with E-state index in [9.17, 15) is 0 Å². The van der Waals surface area contributed by atoms with Gasteiger partial charge in [-0.2, -0.15) is 0 Å². The SMILES string of the molecule is CCCCC(N)(CCC)CCCC.N. The van der Waals surface area contributed by atoms with Crippen molar-refractivity contribution in [2.24, 2.45) is 5.73 Å². The van der Waals surface area contributed by atoms with Crippen molar-refractivity contribution < 1.29 is 0 Å². The van der Waals surface area contributed by atoms with E-state index in [4.69, 9.17) is 5.73 Å². The van der Waals surface area contributed by atoms with Crippen LogP contribution in [0.15, 0.2) is 0 Å². The van der Waals surface area contributed by atoms with Crippen molar-refractivity contribution in [2.75, 3.05) is 0 Å². The lowest BCUT2D eigenvalue weighted by Crippen LogP contribution is -2.39. The second-order valence-electron chi connectivity index (χ2n) is 4.32. The van der Waals surface area contributed by atoms with Crippen LogP contribution in [0.25, 0.3) is 0 Å². The number of nitrogens with two attached hydrogens (primary N) is 1. The first kappa shape index (κ1) is 16.4. The van der Waals surface area contributed by atoms with Crippen LogP contribution >= 0.6 is 0 Å². The summed E-state index contributed by atoms with van der Waals surface area (Å²) in [5.41, 5.74) is 6.53. The van der Waals surface area contributed by atoms with Crippen molar-refractivity contribution in [3.8, 4) is 0 Å². The Morgan fingerprint density at radius 2 is 1.21 bits per heavy atom. The Balaban J connectivity index is 0. The Kier molecular flexibility index (Phi) is 11.1. The Labute approximate surface area is 90.2 Å². The third-order valence-corrected chi connectivity index (χ3v) is 2.80. The zero-order chi connectivity index (χ0) is 10.2. The molecule has 0 saturated carbocycles. The number of unbranched alkanes of at least 4 members (excludes halogenated alkanes) is 2. The number of hydrogen-bond acceptors (Lipinski definition) is 2. The topological polar surface area (TPSA) is 61.0 Å². The Morgan fingerprint density at radius 1 is 0.786 bits per heavy atom. The summed E-state index contributed by atoms with van der Waals surface area (Å²) in [6.07, 6.45) is 10.00. The quantitative estimate of drug-likeness (QED) is 0.624. The molecule has 0 bridgehead atoms. The van der Waals surface area contributed by atoms with Gasteiger partial charge in [0.25, 0.3) is 0 Å². The molecule has 0 aliphatic rings. The zero-order valence-corrected chi connectivity index (χ0v) is 10.4. The molecule has 88 valence electrons. The van der Waals surface area contributed by atoms with Crippen LogP contribution in [0.4, 0.5) is 0 Å². The van der Waals surface area contributed by atoms with Gasteiger partial charge in [-0.1, -0.05) is 52.9 Å². The lowest BCUT2D eigenvalue weighted by atomic mass is 9.84. The molecule has 0 fully saturated rings. The van der Waals surface area contributed by atoms with E-state index < -0.39 is 0 Å². The molecule has 0 radical (unpaired) electrons. The van der Waals surface area contributed by atoms with Gasteiger partial charge in [0.15, 0.2) is 0 Å². The van der Waals surface area contributed by atoms with Gasteiger partial charge in [0.1, 0.15) is 0 Å². The average Bonchev–Trinajstić information content (AvgIpc) is 2.12. The van der Waals surface area contributed by atoms with Crippen LogP contribution in [0.2, 0.25) is 0 Å². The fraction of sp³-hybridized carbons (Fsp3) is 1.00. The molecule has 0 aliphatic carbocycles. The summed E-state index contributed by atoms with van der Waals surface area (Å²) < 4.78 is 0. The largest absolute Gasteiger partial charge is 0.344 e. The van der Waals surface area contributed by atoms with E-state index in [2.05, 4.69) is 20.8 Å². The van der Waals surface area contributed by atoms with Crippen molar-refractivity contribution in [3.63, 3.8) is 0 Å². The Morgan fingerprint density at radius 3 is 1.50 bits per heavy atom. The molecule has 5 N–H and O–H groups in total. The molecule has 0 amide bonds. The highest BCUT2D eigenvalue weighted by molar-refractivity contribution is 4.83. The van der Waals surface area contributed by atoms with Crippen LogP contribution in [0, 0.1) is 0 Å². The third-order valence-electron chi connectivity index (χ3n) is 2.80. The van der Waals surface area contributed by atoms with Crippen molar-refractivity contribution in [3.05, 3.63) is 0 Å². The summed E-state index contributed by atoms with van der Waals surface area (Å²) in [4.78, 5) is 0. The average molecular weight is 202 g/mol. The van der Waals surface area contributed by atoms with E-state index in [1.165, 1.54) is 51.4 Å². The highest BCUT2D eigenvalue weighted by Gasteiger charge is 2.21. The van der Waals surface area contributed by atoms with E-state index in [1.54, 1.807) is 0 Å². The molecule has 0 saturated heterocycles. The van der Waals surface area contributed by atoms with Gasteiger partial charge in [0.2, 0.25) is 0 Å². The zero-order valence-electron chi connectivity index (χ0n) is 10.4. The molecular weight excluding hydrogens is 172 g/mol. The van der Waals surface area contributed by atoms with Gasteiger partial charge in [-0.05, 0) is 19.3 Å². The first-order valence-corrected chi connectivity index (χ1v) is 5.97. The van der Waals surface area contributed by atoms with E-state index in [1.807, 2.05) is 0 Å². The Bertz CT molecular complexity index is 105. The van der Waals surface area contributed by atoms with Crippen molar-refractivity contribution in [1.82, 2.24) is 6.15 Å². The van der Waals surface area contributed by atoms with Crippen LogP contribution in [0.5, 0.6) is 0 Å². The molecule has 0 rings (SSSR count).